The summed E-state index contributed by atoms with van der Waals surface area (Å²) in [6, 6.07) is 2.00. The molecular formula is C12H19N5O. The number of amidine groups is 1. The average Bonchev–Trinajstić information content (AvgIpc) is 2.38. The molecule has 1 unspecified atom stereocenters. The molecular weight excluding hydrogens is 230 g/mol. The predicted molar refractivity (Wildman–Crippen MR) is 70.0 cm³/mol. The third-order valence-corrected chi connectivity index (χ3v) is 2.98. The summed E-state index contributed by atoms with van der Waals surface area (Å²) in [7, 11) is 0. The van der Waals surface area contributed by atoms with Crippen LogP contribution in [-0.2, 0) is 11.2 Å². The quantitative estimate of drug-likeness (QED) is 0.601. The van der Waals surface area contributed by atoms with E-state index in [0.717, 1.165) is 30.3 Å². The zero-order valence-corrected chi connectivity index (χ0v) is 10.8. The monoisotopic (exact) mass is 249 g/mol. The molecule has 98 valence electrons. The predicted octanol–water partition coefficient (Wildman–Crippen LogP) is 0.489. The molecule has 6 nitrogen and oxygen atoms in total. The highest BCUT2D eigenvalue weighted by Crippen LogP contribution is 2.16. The number of nitrogens with two attached hydrogens (primary N) is 1. The molecule has 6 heteroatoms. The Morgan fingerprint density at radius 1 is 1.61 bits per heavy atom. The molecule has 1 atom stereocenters. The van der Waals surface area contributed by atoms with Gasteiger partial charge in [-0.05, 0) is 13.3 Å². The number of morpholine rings is 1. The molecule has 1 saturated heterocycles. The molecule has 1 aliphatic rings. The summed E-state index contributed by atoms with van der Waals surface area (Å²) in [6.45, 7) is 5.88. The van der Waals surface area contributed by atoms with Crippen molar-refractivity contribution in [2.75, 3.05) is 24.6 Å². The van der Waals surface area contributed by atoms with Crippen molar-refractivity contribution in [2.45, 2.75) is 26.4 Å². The van der Waals surface area contributed by atoms with E-state index in [1.165, 1.54) is 0 Å². The van der Waals surface area contributed by atoms with Gasteiger partial charge >= 0.3 is 0 Å². The maximum Gasteiger partial charge on any atom is 0.132 e. The van der Waals surface area contributed by atoms with Crippen LogP contribution in [0, 0.1) is 12.3 Å². The van der Waals surface area contributed by atoms with Crippen molar-refractivity contribution in [1.82, 2.24) is 9.97 Å². The summed E-state index contributed by atoms with van der Waals surface area (Å²) in [4.78, 5) is 10.9. The van der Waals surface area contributed by atoms with E-state index in [2.05, 4.69) is 21.8 Å². The molecule has 0 bridgehead atoms. The molecule has 0 spiro atoms. The van der Waals surface area contributed by atoms with Gasteiger partial charge in [-0.25, -0.2) is 9.97 Å². The van der Waals surface area contributed by atoms with Crippen molar-refractivity contribution in [2.24, 2.45) is 5.73 Å². The van der Waals surface area contributed by atoms with Crippen LogP contribution >= 0.6 is 0 Å². The van der Waals surface area contributed by atoms with E-state index in [9.17, 15) is 0 Å². The van der Waals surface area contributed by atoms with Gasteiger partial charge in [-0.3, -0.25) is 5.41 Å². The third-order valence-electron chi connectivity index (χ3n) is 2.98. The first kappa shape index (κ1) is 12.8. The van der Waals surface area contributed by atoms with Crippen molar-refractivity contribution in [3.05, 3.63) is 17.6 Å². The maximum atomic E-state index is 7.46. The molecule has 0 saturated carbocycles. The highest BCUT2D eigenvalue weighted by Gasteiger charge is 2.23. The number of rotatable bonds is 3. The Kier molecular flexibility index (Phi) is 3.76. The standard InChI is InChI=1S/C12H19N5O/c1-3-9-6-11(16-8(2)15-9)17-4-5-18-10(7-17)12(13)14/h6,10H,3-5,7H2,1-2H3,(H3,13,14). The third kappa shape index (κ3) is 2.76. The maximum absolute atomic E-state index is 7.46. The van der Waals surface area contributed by atoms with Gasteiger partial charge < -0.3 is 15.4 Å². The normalized spacial score (nSPS) is 19.9. The van der Waals surface area contributed by atoms with Crippen LogP contribution in [-0.4, -0.2) is 41.6 Å². The Balaban J connectivity index is 2.20. The lowest BCUT2D eigenvalue weighted by molar-refractivity contribution is 0.0823. The van der Waals surface area contributed by atoms with Gasteiger partial charge in [0.25, 0.3) is 0 Å². The first-order valence-corrected chi connectivity index (χ1v) is 6.15. The number of aryl methyl sites for hydroxylation is 2. The molecule has 2 rings (SSSR count). The Morgan fingerprint density at radius 2 is 2.39 bits per heavy atom. The van der Waals surface area contributed by atoms with Gasteiger partial charge in [0.05, 0.1) is 13.2 Å². The molecule has 3 N–H and O–H groups in total. The summed E-state index contributed by atoms with van der Waals surface area (Å²) in [6.07, 6.45) is 0.552. The number of hydrogen-bond acceptors (Lipinski definition) is 5. The average molecular weight is 249 g/mol. The topological polar surface area (TPSA) is 88.1 Å². The minimum Gasteiger partial charge on any atom is -0.385 e. The lowest BCUT2D eigenvalue weighted by Crippen LogP contribution is -2.48. The van der Waals surface area contributed by atoms with E-state index >= 15 is 0 Å². The van der Waals surface area contributed by atoms with Gasteiger partial charge in [-0.2, -0.15) is 0 Å². The molecule has 2 heterocycles. The van der Waals surface area contributed by atoms with Gasteiger partial charge in [0.2, 0.25) is 0 Å². The van der Waals surface area contributed by atoms with Crippen LogP contribution in [0.1, 0.15) is 18.4 Å². The lowest BCUT2D eigenvalue weighted by atomic mass is 10.2. The minimum absolute atomic E-state index is 0.0705. The Bertz CT molecular complexity index is 448. The number of ether oxygens (including phenoxy) is 1. The van der Waals surface area contributed by atoms with Crippen LogP contribution in [0.5, 0.6) is 0 Å². The molecule has 0 aromatic carbocycles. The molecule has 1 aromatic rings. The van der Waals surface area contributed by atoms with Crippen LogP contribution in [0.3, 0.4) is 0 Å². The second-order valence-electron chi connectivity index (χ2n) is 4.38. The molecule has 1 aliphatic heterocycles. The zero-order chi connectivity index (χ0) is 13.1. The van der Waals surface area contributed by atoms with E-state index in [-0.39, 0.29) is 11.9 Å². The van der Waals surface area contributed by atoms with Crippen molar-refractivity contribution in [1.29, 1.82) is 5.41 Å². The van der Waals surface area contributed by atoms with Crippen molar-refractivity contribution >= 4 is 11.7 Å². The van der Waals surface area contributed by atoms with Gasteiger partial charge in [0.1, 0.15) is 23.6 Å². The molecule has 1 fully saturated rings. The fourth-order valence-corrected chi connectivity index (χ4v) is 2.00. The fraction of sp³-hybridized carbons (Fsp3) is 0.583. The number of nitrogens with one attached hydrogen (secondary N) is 1. The number of nitrogens with zero attached hydrogens (tertiary/aromatic N) is 3. The van der Waals surface area contributed by atoms with E-state index in [4.69, 9.17) is 15.9 Å². The summed E-state index contributed by atoms with van der Waals surface area (Å²) in [5.74, 6) is 1.74. The Morgan fingerprint density at radius 3 is 3.06 bits per heavy atom. The Hall–Kier alpha value is -1.69. The summed E-state index contributed by atoms with van der Waals surface area (Å²) < 4.78 is 5.44. The van der Waals surface area contributed by atoms with Crippen molar-refractivity contribution in [3.63, 3.8) is 0 Å². The van der Waals surface area contributed by atoms with Crippen LogP contribution in [0.15, 0.2) is 6.07 Å². The largest absolute Gasteiger partial charge is 0.385 e. The molecule has 1 aromatic heterocycles. The molecule has 18 heavy (non-hydrogen) atoms. The first-order chi connectivity index (χ1) is 8.60. The molecule has 0 amide bonds. The van der Waals surface area contributed by atoms with Gasteiger partial charge in [-0.1, -0.05) is 6.92 Å². The van der Waals surface area contributed by atoms with Crippen LogP contribution in [0.25, 0.3) is 0 Å². The van der Waals surface area contributed by atoms with E-state index in [1.54, 1.807) is 0 Å². The first-order valence-electron chi connectivity index (χ1n) is 6.15. The fourth-order valence-electron chi connectivity index (χ4n) is 2.00. The van der Waals surface area contributed by atoms with Crippen molar-refractivity contribution < 1.29 is 4.74 Å². The SMILES string of the molecule is CCc1cc(N2CCOC(C(=N)N)C2)nc(C)n1. The molecule has 0 aliphatic carbocycles. The number of aromatic nitrogens is 2. The van der Waals surface area contributed by atoms with Gasteiger partial charge in [-0.15, -0.1) is 0 Å². The van der Waals surface area contributed by atoms with Crippen LogP contribution < -0.4 is 10.6 Å². The summed E-state index contributed by atoms with van der Waals surface area (Å²) in [5, 5.41) is 7.46. The number of hydrogen-bond donors (Lipinski definition) is 2. The molecule has 0 radical (unpaired) electrons. The lowest BCUT2D eigenvalue weighted by Gasteiger charge is -2.33. The van der Waals surface area contributed by atoms with E-state index in [0.29, 0.717) is 13.2 Å². The highest BCUT2D eigenvalue weighted by atomic mass is 16.5. The van der Waals surface area contributed by atoms with Gasteiger partial charge in [0, 0.05) is 18.3 Å². The van der Waals surface area contributed by atoms with E-state index < -0.39 is 0 Å². The van der Waals surface area contributed by atoms with E-state index in [1.807, 2.05) is 13.0 Å². The smallest absolute Gasteiger partial charge is 0.132 e. The summed E-state index contributed by atoms with van der Waals surface area (Å²) >= 11 is 0. The minimum atomic E-state index is -0.334. The second-order valence-corrected chi connectivity index (χ2v) is 4.38. The number of anilines is 1. The highest BCUT2D eigenvalue weighted by molar-refractivity contribution is 5.82. The second kappa shape index (κ2) is 5.30. The summed E-state index contributed by atoms with van der Waals surface area (Å²) in [5.41, 5.74) is 6.52. The van der Waals surface area contributed by atoms with Crippen LogP contribution in [0.2, 0.25) is 0 Å². The van der Waals surface area contributed by atoms with Gasteiger partial charge in [0.15, 0.2) is 0 Å². The van der Waals surface area contributed by atoms with Crippen molar-refractivity contribution in [3.8, 4) is 0 Å². The van der Waals surface area contributed by atoms with Crippen LogP contribution in [0.4, 0.5) is 5.82 Å². The Labute approximate surface area is 107 Å². The zero-order valence-electron chi connectivity index (χ0n) is 10.8.